The van der Waals surface area contributed by atoms with Crippen molar-refractivity contribution in [1.82, 2.24) is 10.2 Å². The first-order chi connectivity index (χ1) is 9.44. The summed E-state index contributed by atoms with van der Waals surface area (Å²) in [5.41, 5.74) is -0.182. The van der Waals surface area contributed by atoms with Gasteiger partial charge in [0.05, 0.1) is 11.7 Å². The number of hydrogen-bond donors (Lipinski definition) is 1. The van der Waals surface area contributed by atoms with E-state index in [0.717, 1.165) is 45.4 Å². The maximum atomic E-state index is 12.5. The number of carbonyl (C=O) groups excluding carboxylic acids is 1. The normalized spacial score (nSPS) is 24.4. The highest BCUT2D eigenvalue weighted by molar-refractivity contribution is 5.91. The van der Waals surface area contributed by atoms with Gasteiger partial charge in [-0.2, -0.15) is 0 Å². The standard InChI is InChI=1S/C16H30N2O2/c1-12(2)10-14-17-16(6-7-16)15(19)18(14)8-5-9-20-11-13(3)4/h12-14,17H,5-11H2,1-4H3. The summed E-state index contributed by atoms with van der Waals surface area (Å²) in [6.45, 7) is 11.1. The van der Waals surface area contributed by atoms with E-state index in [1.54, 1.807) is 0 Å². The van der Waals surface area contributed by atoms with E-state index >= 15 is 0 Å². The Kier molecular flexibility index (Phi) is 5.08. The van der Waals surface area contributed by atoms with Crippen LogP contribution in [-0.4, -0.2) is 42.3 Å². The Bertz CT molecular complexity index is 337. The van der Waals surface area contributed by atoms with Crippen molar-refractivity contribution in [1.29, 1.82) is 0 Å². The summed E-state index contributed by atoms with van der Waals surface area (Å²) in [6, 6.07) is 0. The first kappa shape index (κ1) is 15.8. The molecule has 1 heterocycles. The van der Waals surface area contributed by atoms with Crippen molar-refractivity contribution in [3.05, 3.63) is 0 Å². The van der Waals surface area contributed by atoms with Gasteiger partial charge >= 0.3 is 0 Å². The molecule has 0 aromatic heterocycles. The van der Waals surface area contributed by atoms with Crippen molar-refractivity contribution >= 4 is 5.91 Å². The quantitative estimate of drug-likeness (QED) is 0.695. The SMILES string of the molecule is CC(C)COCCCN1C(=O)C2(CC2)NC1CC(C)C. The smallest absolute Gasteiger partial charge is 0.244 e. The van der Waals surface area contributed by atoms with Gasteiger partial charge < -0.3 is 9.64 Å². The van der Waals surface area contributed by atoms with Crippen molar-refractivity contribution in [2.24, 2.45) is 11.8 Å². The predicted octanol–water partition coefficient (Wildman–Crippen LogP) is 2.39. The Morgan fingerprint density at radius 1 is 1.30 bits per heavy atom. The zero-order chi connectivity index (χ0) is 14.8. The van der Waals surface area contributed by atoms with Crippen molar-refractivity contribution in [3.8, 4) is 0 Å². The maximum absolute atomic E-state index is 12.5. The number of nitrogens with zero attached hydrogens (tertiary/aromatic N) is 1. The molecule has 4 nitrogen and oxygen atoms in total. The molecule has 1 aliphatic heterocycles. The third-order valence-electron chi connectivity index (χ3n) is 4.07. The number of nitrogens with one attached hydrogen (secondary N) is 1. The first-order valence-corrected chi connectivity index (χ1v) is 8.11. The van der Waals surface area contributed by atoms with Crippen LogP contribution in [-0.2, 0) is 9.53 Å². The van der Waals surface area contributed by atoms with Crippen molar-refractivity contribution in [3.63, 3.8) is 0 Å². The monoisotopic (exact) mass is 282 g/mol. The lowest BCUT2D eigenvalue weighted by Gasteiger charge is -2.25. The fourth-order valence-corrected chi connectivity index (χ4v) is 2.90. The maximum Gasteiger partial charge on any atom is 0.244 e. The molecule has 1 saturated carbocycles. The van der Waals surface area contributed by atoms with E-state index in [0.29, 0.717) is 17.7 Å². The summed E-state index contributed by atoms with van der Waals surface area (Å²) >= 11 is 0. The summed E-state index contributed by atoms with van der Waals surface area (Å²) < 4.78 is 5.62. The molecule has 2 fully saturated rings. The Labute approximate surface area is 123 Å². The average molecular weight is 282 g/mol. The minimum Gasteiger partial charge on any atom is -0.381 e. The molecule has 0 aromatic carbocycles. The summed E-state index contributed by atoms with van der Waals surface area (Å²) in [6.07, 6.45) is 4.24. The second-order valence-corrected chi connectivity index (χ2v) is 7.19. The van der Waals surface area contributed by atoms with Crippen LogP contribution >= 0.6 is 0 Å². The van der Waals surface area contributed by atoms with Crippen LogP contribution < -0.4 is 5.32 Å². The average Bonchev–Trinajstić information content (AvgIpc) is 3.07. The molecule has 0 aromatic rings. The lowest BCUT2D eigenvalue weighted by Crippen LogP contribution is -2.39. The molecule has 1 aliphatic carbocycles. The van der Waals surface area contributed by atoms with E-state index in [1.165, 1.54) is 0 Å². The number of hydrogen-bond acceptors (Lipinski definition) is 3. The highest BCUT2D eigenvalue weighted by atomic mass is 16.5. The van der Waals surface area contributed by atoms with E-state index in [2.05, 4.69) is 37.9 Å². The molecule has 4 heteroatoms. The summed E-state index contributed by atoms with van der Waals surface area (Å²) in [7, 11) is 0. The number of carbonyl (C=O) groups is 1. The van der Waals surface area contributed by atoms with Crippen LogP contribution in [0.25, 0.3) is 0 Å². The summed E-state index contributed by atoms with van der Waals surface area (Å²) in [5, 5.41) is 3.57. The molecule has 1 saturated heterocycles. The highest BCUT2D eigenvalue weighted by Crippen LogP contribution is 2.43. The van der Waals surface area contributed by atoms with Crippen LogP contribution in [0.2, 0.25) is 0 Å². The van der Waals surface area contributed by atoms with Gasteiger partial charge in [0.15, 0.2) is 0 Å². The van der Waals surface area contributed by atoms with Crippen LogP contribution in [0, 0.1) is 11.8 Å². The summed E-state index contributed by atoms with van der Waals surface area (Å²) in [5.74, 6) is 1.51. The zero-order valence-corrected chi connectivity index (χ0v) is 13.4. The topological polar surface area (TPSA) is 41.6 Å². The second-order valence-electron chi connectivity index (χ2n) is 7.19. The van der Waals surface area contributed by atoms with Crippen LogP contribution in [0.4, 0.5) is 0 Å². The third kappa shape index (κ3) is 3.73. The van der Waals surface area contributed by atoms with Gasteiger partial charge in [0.1, 0.15) is 0 Å². The Hall–Kier alpha value is -0.610. The molecule has 1 N–H and O–H groups in total. The molecular weight excluding hydrogens is 252 g/mol. The van der Waals surface area contributed by atoms with Gasteiger partial charge in [0.25, 0.3) is 0 Å². The molecule has 1 unspecified atom stereocenters. The Morgan fingerprint density at radius 3 is 2.55 bits per heavy atom. The molecule has 20 heavy (non-hydrogen) atoms. The van der Waals surface area contributed by atoms with Gasteiger partial charge in [0.2, 0.25) is 5.91 Å². The molecule has 116 valence electrons. The minimum atomic E-state index is -0.182. The van der Waals surface area contributed by atoms with Crippen molar-refractivity contribution < 1.29 is 9.53 Å². The Balaban J connectivity index is 1.79. The zero-order valence-electron chi connectivity index (χ0n) is 13.4. The van der Waals surface area contributed by atoms with E-state index in [1.807, 2.05) is 0 Å². The van der Waals surface area contributed by atoms with E-state index in [-0.39, 0.29) is 11.7 Å². The Morgan fingerprint density at radius 2 is 2.00 bits per heavy atom. The predicted molar refractivity (Wildman–Crippen MR) is 80.3 cm³/mol. The molecular formula is C16H30N2O2. The number of ether oxygens (including phenoxy) is 1. The van der Waals surface area contributed by atoms with Crippen molar-refractivity contribution in [2.75, 3.05) is 19.8 Å². The largest absolute Gasteiger partial charge is 0.381 e. The third-order valence-corrected chi connectivity index (χ3v) is 4.07. The fraction of sp³-hybridized carbons (Fsp3) is 0.938. The number of rotatable bonds is 8. The molecule has 1 amide bonds. The fourth-order valence-electron chi connectivity index (χ4n) is 2.90. The molecule has 0 radical (unpaired) electrons. The van der Waals surface area contributed by atoms with Crippen LogP contribution in [0.1, 0.15) is 53.4 Å². The molecule has 0 bridgehead atoms. The van der Waals surface area contributed by atoms with Gasteiger partial charge in [-0.05, 0) is 37.5 Å². The van der Waals surface area contributed by atoms with Crippen molar-refractivity contribution in [2.45, 2.75) is 65.1 Å². The number of amides is 1. The van der Waals surface area contributed by atoms with Crippen LogP contribution in [0.5, 0.6) is 0 Å². The van der Waals surface area contributed by atoms with Gasteiger partial charge in [-0.25, -0.2) is 0 Å². The molecule has 2 aliphatic rings. The lowest BCUT2D eigenvalue weighted by atomic mass is 10.1. The van der Waals surface area contributed by atoms with Gasteiger partial charge in [-0.1, -0.05) is 27.7 Å². The van der Waals surface area contributed by atoms with Gasteiger partial charge in [-0.15, -0.1) is 0 Å². The van der Waals surface area contributed by atoms with E-state index < -0.39 is 0 Å². The summed E-state index contributed by atoms with van der Waals surface area (Å²) in [4.78, 5) is 14.5. The minimum absolute atomic E-state index is 0.182. The molecule has 1 spiro atoms. The van der Waals surface area contributed by atoms with Crippen LogP contribution in [0.15, 0.2) is 0 Å². The van der Waals surface area contributed by atoms with Crippen LogP contribution in [0.3, 0.4) is 0 Å². The van der Waals surface area contributed by atoms with Gasteiger partial charge in [0, 0.05) is 19.8 Å². The van der Waals surface area contributed by atoms with E-state index in [9.17, 15) is 4.79 Å². The molecule has 2 rings (SSSR count). The highest BCUT2D eigenvalue weighted by Gasteiger charge is 2.58. The van der Waals surface area contributed by atoms with E-state index in [4.69, 9.17) is 4.74 Å². The first-order valence-electron chi connectivity index (χ1n) is 8.11. The molecule has 1 atom stereocenters. The second kappa shape index (κ2) is 6.44. The van der Waals surface area contributed by atoms with Gasteiger partial charge in [-0.3, -0.25) is 10.1 Å². The lowest BCUT2D eigenvalue weighted by molar-refractivity contribution is -0.131.